The molecule has 0 fully saturated rings. The standard InChI is InChI=1S/C7H8F2N2O2/c1-13-5-3(6(8)9)2-4(10)11-7(5)12/h2,6H,1H3,(H3,10,11,12). The third-order valence-electron chi connectivity index (χ3n) is 1.48. The maximum atomic E-state index is 12.3. The lowest BCUT2D eigenvalue weighted by atomic mass is 10.2. The number of alkyl halides is 2. The van der Waals surface area contributed by atoms with Crippen molar-refractivity contribution in [1.29, 1.82) is 0 Å². The van der Waals surface area contributed by atoms with Crippen molar-refractivity contribution in [3.63, 3.8) is 0 Å². The first-order chi connectivity index (χ1) is 6.06. The van der Waals surface area contributed by atoms with Crippen LogP contribution in [-0.4, -0.2) is 12.1 Å². The molecule has 0 amide bonds. The first-order valence-corrected chi connectivity index (χ1v) is 3.41. The lowest BCUT2D eigenvalue weighted by Gasteiger charge is -2.06. The van der Waals surface area contributed by atoms with Crippen LogP contribution < -0.4 is 16.0 Å². The van der Waals surface area contributed by atoms with Gasteiger partial charge in [0.25, 0.3) is 12.0 Å². The Hall–Kier alpha value is -1.59. The van der Waals surface area contributed by atoms with Gasteiger partial charge in [0.15, 0.2) is 5.75 Å². The number of H-pyrrole nitrogens is 1. The van der Waals surface area contributed by atoms with Crippen LogP contribution in [0.2, 0.25) is 0 Å². The molecule has 0 saturated heterocycles. The zero-order chi connectivity index (χ0) is 10.0. The van der Waals surface area contributed by atoms with E-state index in [1.807, 2.05) is 0 Å². The second-order valence-corrected chi connectivity index (χ2v) is 2.34. The monoisotopic (exact) mass is 190 g/mol. The molecule has 13 heavy (non-hydrogen) atoms. The normalized spacial score (nSPS) is 10.5. The van der Waals surface area contributed by atoms with E-state index in [4.69, 9.17) is 5.73 Å². The summed E-state index contributed by atoms with van der Waals surface area (Å²) in [5, 5.41) is 0. The van der Waals surface area contributed by atoms with E-state index in [-0.39, 0.29) is 5.82 Å². The van der Waals surface area contributed by atoms with Crippen LogP contribution in [-0.2, 0) is 0 Å². The molecule has 0 saturated carbocycles. The largest absolute Gasteiger partial charge is 0.491 e. The molecule has 3 N–H and O–H groups in total. The quantitative estimate of drug-likeness (QED) is 0.728. The van der Waals surface area contributed by atoms with Gasteiger partial charge in [-0.25, -0.2) is 8.78 Å². The van der Waals surface area contributed by atoms with E-state index in [1.54, 1.807) is 0 Å². The molecule has 0 atom stereocenters. The Balaban J connectivity index is 3.38. The number of ether oxygens (including phenoxy) is 1. The van der Waals surface area contributed by atoms with Crippen molar-refractivity contribution in [2.24, 2.45) is 0 Å². The fourth-order valence-corrected chi connectivity index (χ4v) is 0.961. The summed E-state index contributed by atoms with van der Waals surface area (Å²) in [6.45, 7) is 0. The van der Waals surface area contributed by atoms with Crippen LogP contribution in [0.3, 0.4) is 0 Å². The molecule has 0 bridgehead atoms. The molecular weight excluding hydrogens is 182 g/mol. The highest BCUT2D eigenvalue weighted by Gasteiger charge is 2.17. The number of aromatic nitrogens is 1. The Bertz CT molecular complexity index is 362. The topological polar surface area (TPSA) is 68.1 Å². The van der Waals surface area contributed by atoms with Crippen molar-refractivity contribution in [2.75, 3.05) is 12.8 Å². The van der Waals surface area contributed by atoms with Gasteiger partial charge in [0, 0.05) is 0 Å². The predicted molar refractivity (Wildman–Crippen MR) is 43.0 cm³/mol. The zero-order valence-corrected chi connectivity index (χ0v) is 6.80. The minimum atomic E-state index is -2.78. The molecular formula is C7H8F2N2O2. The maximum absolute atomic E-state index is 12.3. The van der Waals surface area contributed by atoms with Crippen molar-refractivity contribution in [2.45, 2.75) is 6.43 Å². The number of anilines is 1. The van der Waals surface area contributed by atoms with Gasteiger partial charge in [-0.15, -0.1) is 0 Å². The molecule has 0 aliphatic heterocycles. The highest BCUT2D eigenvalue weighted by molar-refractivity contribution is 5.41. The number of nitrogens with two attached hydrogens (primary N) is 1. The van der Waals surface area contributed by atoms with E-state index >= 15 is 0 Å². The Labute approximate surface area is 72.3 Å². The SMILES string of the molecule is COc1c(C(F)F)cc(N)[nH]c1=O. The molecule has 4 nitrogen and oxygen atoms in total. The number of rotatable bonds is 2. The number of nitrogen functional groups attached to an aromatic ring is 1. The van der Waals surface area contributed by atoms with E-state index in [0.29, 0.717) is 0 Å². The average molecular weight is 190 g/mol. The first-order valence-electron chi connectivity index (χ1n) is 3.41. The van der Waals surface area contributed by atoms with Crippen LogP contribution in [0.5, 0.6) is 5.75 Å². The fourth-order valence-electron chi connectivity index (χ4n) is 0.961. The van der Waals surface area contributed by atoms with Crippen LogP contribution in [0.4, 0.5) is 14.6 Å². The third-order valence-corrected chi connectivity index (χ3v) is 1.48. The summed E-state index contributed by atoms with van der Waals surface area (Å²) < 4.78 is 29.1. The number of halogens is 2. The molecule has 0 radical (unpaired) electrons. The summed E-state index contributed by atoms with van der Waals surface area (Å²) >= 11 is 0. The Morgan fingerprint density at radius 1 is 1.62 bits per heavy atom. The Morgan fingerprint density at radius 2 is 2.23 bits per heavy atom. The van der Waals surface area contributed by atoms with Crippen molar-refractivity contribution in [1.82, 2.24) is 4.98 Å². The van der Waals surface area contributed by atoms with Crippen LogP contribution >= 0.6 is 0 Å². The van der Waals surface area contributed by atoms with Crippen molar-refractivity contribution >= 4 is 5.82 Å². The number of pyridine rings is 1. The molecule has 1 rings (SSSR count). The van der Waals surface area contributed by atoms with Crippen molar-refractivity contribution < 1.29 is 13.5 Å². The molecule has 72 valence electrons. The lowest BCUT2D eigenvalue weighted by Crippen LogP contribution is -2.14. The highest BCUT2D eigenvalue weighted by Crippen LogP contribution is 2.26. The van der Waals surface area contributed by atoms with Crippen LogP contribution in [0.15, 0.2) is 10.9 Å². The number of aromatic amines is 1. The maximum Gasteiger partial charge on any atom is 0.292 e. The van der Waals surface area contributed by atoms with Gasteiger partial charge in [-0.2, -0.15) is 0 Å². The Kier molecular flexibility index (Phi) is 2.50. The second-order valence-electron chi connectivity index (χ2n) is 2.34. The summed E-state index contributed by atoms with van der Waals surface area (Å²) in [4.78, 5) is 13.2. The minimum Gasteiger partial charge on any atom is -0.491 e. The summed E-state index contributed by atoms with van der Waals surface area (Å²) in [7, 11) is 1.15. The van der Waals surface area contributed by atoms with Gasteiger partial charge in [0.05, 0.1) is 12.7 Å². The summed E-state index contributed by atoms with van der Waals surface area (Å²) in [5.74, 6) is -0.509. The van der Waals surface area contributed by atoms with Crippen molar-refractivity contribution in [3.8, 4) is 5.75 Å². The molecule has 0 aliphatic carbocycles. The lowest BCUT2D eigenvalue weighted by molar-refractivity contribution is 0.146. The summed E-state index contributed by atoms with van der Waals surface area (Å²) in [6.07, 6.45) is -2.78. The van der Waals surface area contributed by atoms with Gasteiger partial charge in [0.1, 0.15) is 5.82 Å². The van der Waals surface area contributed by atoms with Gasteiger partial charge in [0.2, 0.25) is 0 Å². The van der Waals surface area contributed by atoms with E-state index in [2.05, 4.69) is 9.72 Å². The fraction of sp³-hybridized carbons (Fsp3) is 0.286. The number of hydrogen-bond donors (Lipinski definition) is 2. The second kappa shape index (κ2) is 3.42. The molecule has 1 heterocycles. The van der Waals surface area contributed by atoms with Crippen LogP contribution in [0.25, 0.3) is 0 Å². The van der Waals surface area contributed by atoms with E-state index < -0.39 is 23.3 Å². The molecule has 0 aromatic carbocycles. The van der Waals surface area contributed by atoms with Gasteiger partial charge in [-0.3, -0.25) is 4.79 Å². The summed E-state index contributed by atoms with van der Waals surface area (Å²) in [5.41, 5.74) is 3.93. The van der Waals surface area contributed by atoms with Gasteiger partial charge in [-0.05, 0) is 6.07 Å². The van der Waals surface area contributed by atoms with Gasteiger partial charge in [-0.1, -0.05) is 0 Å². The molecule has 1 aromatic heterocycles. The molecule has 0 unspecified atom stereocenters. The predicted octanol–water partition coefficient (Wildman–Crippen LogP) is 0.903. The zero-order valence-electron chi connectivity index (χ0n) is 6.80. The van der Waals surface area contributed by atoms with Gasteiger partial charge >= 0.3 is 0 Å². The molecule has 0 spiro atoms. The summed E-state index contributed by atoms with van der Waals surface area (Å²) in [6, 6.07) is 0.977. The number of nitrogens with one attached hydrogen (secondary N) is 1. The third kappa shape index (κ3) is 1.77. The number of hydrogen-bond acceptors (Lipinski definition) is 3. The van der Waals surface area contributed by atoms with Crippen LogP contribution in [0, 0.1) is 0 Å². The molecule has 6 heteroatoms. The Morgan fingerprint density at radius 3 is 2.69 bits per heavy atom. The van der Waals surface area contributed by atoms with E-state index in [9.17, 15) is 13.6 Å². The van der Waals surface area contributed by atoms with E-state index in [1.165, 1.54) is 0 Å². The number of methoxy groups -OCH3 is 1. The molecule has 0 aliphatic rings. The molecule has 1 aromatic rings. The van der Waals surface area contributed by atoms with E-state index in [0.717, 1.165) is 13.2 Å². The average Bonchev–Trinajstić information content (AvgIpc) is 2.02. The van der Waals surface area contributed by atoms with Crippen LogP contribution in [0.1, 0.15) is 12.0 Å². The highest BCUT2D eigenvalue weighted by atomic mass is 19.3. The minimum absolute atomic E-state index is 0.110. The van der Waals surface area contributed by atoms with Gasteiger partial charge < -0.3 is 15.5 Å². The smallest absolute Gasteiger partial charge is 0.292 e. The van der Waals surface area contributed by atoms with Crippen molar-refractivity contribution in [3.05, 3.63) is 22.0 Å². The first kappa shape index (κ1) is 9.50.